The van der Waals surface area contributed by atoms with Crippen LogP contribution in [-0.4, -0.2) is 38.6 Å². The van der Waals surface area contributed by atoms with Crippen molar-refractivity contribution in [3.05, 3.63) is 48.3 Å². The number of hydrogen-bond donors (Lipinski definition) is 0. The van der Waals surface area contributed by atoms with E-state index < -0.39 is 0 Å². The van der Waals surface area contributed by atoms with E-state index in [9.17, 15) is 4.79 Å². The van der Waals surface area contributed by atoms with Crippen LogP contribution in [-0.2, 0) is 7.05 Å². The van der Waals surface area contributed by atoms with Crippen molar-refractivity contribution in [2.24, 2.45) is 13.0 Å². The van der Waals surface area contributed by atoms with E-state index in [4.69, 9.17) is 0 Å². The third-order valence-corrected chi connectivity index (χ3v) is 3.87. The average molecular weight is 310 g/mol. The minimum atomic E-state index is 0.0459. The maximum Gasteiger partial charge on any atom is 0.255 e. The summed E-state index contributed by atoms with van der Waals surface area (Å²) in [5.41, 5.74) is 3.42. The number of pyridine rings is 1. The second-order valence-electron chi connectivity index (χ2n) is 6.35. The highest BCUT2D eigenvalue weighted by Crippen LogP contribution is 2.26. The van der Waals surface area contributed by atoms with Crippen LogP contribution in [0.4, 0.5) is 0 Å². The summed E-state index contributed by atoms with van der Waals surface area (Å²) in [6.45, 7) is 4.96. The number of rotatable bonds is 4. The molecular formula is C18H22N4O. The molecule has 0 saturated heterocycles. The summed E-state index contributed by atoms with van der Waals surface area (Å²) in [7, 11) is 3.75. The van der Waals surface area contributed by atoms with Crippen LogP contribution in [0.5, 0.6) is 0 Å². The van der Waals surface area contributed by atoms with Gasteiger partial charge in [-0.1, -0.05) is 19.9 Å². The normalized spacial score (nSPS) is 11.3. The number of aromatic nitrogens is 3. The Labute approximate surface area is 136 Å². The first-order chi connectivity index (χ1) is 11.0. The molecule has 0 unspecified atom stereocenters. The maximum atomic E-state index is 12.8. The molecule has 0 spiro atoms. The largest absolute Gasteiger partial charge is 0.341 e. The zero-order valence-corrected chi connectivity index (χ0v) is 14.0. The Bertz CT molecular complexity index is 844. The first-order valence-corrected chi connectivity index (χ1v) is 7.83. The van der Waals surface area contributed by atoms with E-state index in [1.165, 1.54) is 0 Å². The molecule has 5 heteroatoms. The SMILES string of the molecule is CC(C)CN(C)C(=O)c1cc(-c2ccn(C)n2)n2ccccc12. The van der Waals surface area contributed by atoms with Crippen LogP contribution in [0.3, 0.4) is 0 Å². The highest BCUT2D eigenvalue weighted by Gasteiger charge is 2.20. The summed E-state index contributed by atoms with van der Waals surface area (Å²) in [5, 5.41) is 4.47. The second-order valence-corrected chi connectivity index (χ2v) is 6.35. The average Bonchev–Trinajstić information content (AvgIpc) is 3.09. The molecule has 0 atom stereocenters. The quantitative estimate of drug-likeness (QED) is 0.743. The molecule has 3 aromatic rings. The van der Waals surface area contributed by atoms with Crippen molar-refractivity contribution in [1.82, 2.24) is 19.1 Å². The molecule has 3 rings (SSSR count). The van der Waals surface area contributed by atoms with E-state index in [-0.39, 0.29) is 5.91 Å². The highest BCUT2D eigenvalue weighted by atomic mass is 16.2. The molecule has 0 bridgehead atoms. The van der Waals surface area contributed by atoms with Gasteiger partial charge in [-0.2, -0.15) is 5.10 Å². The summed E-state index contributed by atoms with van der Waals surface area (Å²) in [4.78, 5) is 14.6. The van der Waals surface area contributed by atoms with Crippen LogP contribution in [0.15, 0.2) is 42.7 Å². The van der Waals surface area contributed by atoms with E-state index in [0.29, 0.717) is 5.92 Å². The van der Waals surface area contributed by atoms with Gasteiger partial charge in [0.2, 0.25) is 0 Å². The molecule has 0 aliphatic heterocycles. The predicted octanol–water partition coefficient (Wildman–Crippen LogP) is 3.07. The Hall–Kier alpha value is -2.56. The zero-order valence-electron chi connectivity index (χ0n) is 14.0. The Morgan fingerprint density at radius 2 is 2.04 bits per heavy atom. The smallest absolute Gasteiger partial charge is 0.255 e. The fourth-order valence-electron chi connectivity index (χ4n) is 2.91. The van der Waals surface area contributed by atoms with E-state index in [1.54, 1.807) is 9.58 Å². The molecule has 5 nitrogen and oxygen atoms in total. The summed E-state index contributed by atoms with van der Waals surface area (Å²) in [5.74, 6) is 0.484. The molecule has 0 aliphatic rings. The lowest BCUT2D eigenvalue weighted by Gasteiger charge is -2.18. The van der Waals surface area contributed by atoms with E-state index in [0.717, 1.165) is 29.0 Å². The van der Waals surface area contributed by atoms with Crippen LogP contribution in [0, 0.1) is 5.92 Å². The van der Waals surface area contributed by atoms with Gasteiger partial charge in [0.25, 0.3) is 5.91 Å². The van der Waals surface area contributed by atoms with Crippen molar-refractivity contribution in [2.45, 2.75) is 13.8 Å². The van der Waals surface area contributed by atoms with Crippen LogP contribution in [0.25, 0.3) is 16.9 Å². The third kappa shape index (κ3) is 2.86. The molecule has 3 heterocycles. The summed E-state index contributed by atoms with van der Waals surface area (Å²) in [6.07, 6.45) is 3.88. The van der Waals surface area contributed by atoms with Crippen molar-refractivity contribution in [1.29, 1.82) is 0 Å². The van der Waals surface area contributed by atoms with Crippen molar-refractivity contribution in [3.8, 4) is 11.4 Å². The zero-order chi connectivity index (χ0) is 16.6. The van der Waals surface area contributed by atoms with Gasteiger partial charge < -0.3 is 9.30 Å². The van der Waals surface area contributed by atoms with E-state index in [2.05, 4.69) is 18.9 Å². The second kappa shape index (κ2) is 5.91. The topological polar surface area (TPSA) is 42.5 Å². The van der Waals surface area contributed by atoms with Gasteiger partial charge >= 0.3 is 0 Å². The fraction of sp³-hybridized carbons (Fsp3) is 0.333. The molecule has 0 fully saturated rings. The lowest BCUT2D eigenvalue weighted by Crippen LogP contribution is -2.30. The van der Waals surface area contributed by atoms with Crippen molar-refractivity contribution < 1.29 is 4.79 Å². The molecule has 0 radical (unpaired) electrons. The van der Waals surface area contributed by atoms with Crippen molar-refractivity contribution >= 4 is 11.4 Å². The van der Waals surface area contributed by atoms with Gasteiger partial charge in [0, 0.05) is 33.0 Å². The number of hydrogen-bond acceptors (Lipinski definition) is 2. The molecule has 1 amide bonds. The number of carbonyl (C=O) groups is 1. The maximum absolute atomic E-state index is 12.8. The lowest BCUT2D eigenvalue weighted by molar-refractivity contribution is 0.0781. The predicted molar refractivity (Wildman–Crippen MR) is 91.4 cm³/mol. The van der Waals surface area contributed by atoms with Crippen molar-refractivity contribution in [3.63, 3.8) is 0 Å². The minimum Gasteiger partial charge on any atom is -0.341 e. The van der Waals surface area contributed by atoms with Crippen molar-refractivity contribution in [2.75, 3.05) is 13.6 Å². The first kappa shape index (κ1) is 15.3. The minimum absolute atomic E-state index is 0.0459. The van der Waals surface area contributed by atoms with Gasteiger partial charge in [0.05, 0.1) is 16.8 Å². The lowest BCUT2D eigenvalue weighted by atomic mass is 10.1. The monoisotopic (exact) mass is 310 g/mol. The van der Waals surface area contributed by atoms with Gasteiger partial charge in [0.1, 0.15) is 5.69 Å². The van der Waals surface area contributed by atoms with Gasteiger partial charge in [-0.05, 0) is 30.2 Å². The summed E-state index contributed by atoms with van der Waals surface area (Å²) < 4.78 is 3.79. The molecule has 0 saturated carbocycles. The summed E-state index contributed by atoms with van der Waals surface area (Å²) in [6, 6.07) is 9.79. The van der Waals surface area contributed by atoms with Gasteiger partial charge in [-0.3, -0.25) is 9.48 Å². The molecule has 23 heavy (non-hydrogen) atoms. The van der Waals surface area contributed by atoms with Crippen LogP contribution in [0.1, 0.15) is 24.2 Å². The first-order valence-electron chi connectivity index (χ1n) is 7.83. The molecule has 120 valence electrons. The van der Waals surface area contributed by atoms with Gasteiger partial charge in [0.15, 0.2) is 0 Å². The van der Waals surface area contributed by atoms with Gasteiger partial charge in [-0.15, -0.1) is 0 Å². The summed E-state index contributed by atoms with van der Waals surface area (Å²) >= 11 is 0. The number of aryl methyl sites for hydroxylation is 1. The molecule has 0 aromatic carbocycles. The standard InChI is InChI=1S/C18H22N4O/c1-13(2)12-20(3)18(23)14-11-17(15-8-10-21(4)19-15)22-9-6-5-7-16(14)22/h5-11,13H,12H2,1-4H3. The molecular weight excluding hydrogens is 288 g/mol. The molecule has 3 aromatic heterocycles. The number of amides is 1. The Balaban J connectivity index is 2.10. The Morgan fingerprint density at radius 3 is 2.70 bits per heavy atom. The van der Waals surface area contributed by atoms with Crippen LogP contribution >= 0.6 is 0 Å². The van der Waals surface area contributed by atoms with Crippen LogP contribution < -0.4 is 0 Å². The Kier molecular flexibility index (Phi) is 3.94. The highest BCUT2D eigenvalue weighted by molar-refractivity contribution is 6.02. The van der Waals surface area contributed by atoms with Crippen LogP contribution in [0.2, 0.25) is 0 Å². The van der Waals surface area contributed by atoms with Gasteiger partial charge in [-0.25, -0.2) is 0 Å². The van der Waals surface area contributed by atoms with E-state index in [1.807, 2.05) is 61.2 Å². The Morgan fingerprint density at radius 1 is 1.26 bits per heavy atom. The molecule has 0 aliphatic carbocycles. The molecule has 0 N–H and O–H groups in total. The number of nitrogens with zero attached hydrogens (tertiary/aromatic N) is 4. The third-order valence-electron chi connectivity index (χ3n) is 3.87. The number of carbonyl (C=O) groups excluding carboxylic acids is 1. The number of fused-ring (bicyclic) bond motifs is 1. The fourth-order valence-corrected chi connectivity index (χ4v) is 2.91. The van der Waals surface area contributed by atoms with E-state index >= 15 is 0 Å².